The van der Waals surface area contributed by atoms with Gasteiger partial charge in [-0.15, -0.1) is 0 Å². The van der Waals surface area contributed by atoms with Crippen LogP contribution in [0.4, 0.5) is 0 Å². The number of ketones is 1. The third-order valence-electron chi connectivity index (χ3n) is 5.57. The zero-order valence-corrected chi connectivity index (χ0v) is 11.0. The van der Waals surface area contributed by atoms with Crippen molar-refractivity contribution in [1.82, 2.24) is 0 Å². The van der Waals surface area contributed by atoms with E-state index in [0.717, 1.165) is 30.6 Å². The van der Waals surface area contributed by atoms with Gasteiger partial charge in [0.25, 0.3) is 0 Å². The lowest BCUT2D eigenvalue weighted by molar-refractivity contribution is -0.128. The molecular weight excluding hydrogens is 210 g/mol. The average Bonchev–Trinajstić information content (AvgIpc) is 2.25. The highest BCUT2D eigenvalue weighted by atomic mass is 16.1. The van der Waals surface area contributed by atoms with Crippen LogP contribution < -0.4 is 5.73 Å². The molecule has 1 unspecified atom stereocenters. The molecule has 0 aromatic rings. The summed E-state index contributed by atoms with van der Waals surface area (Å²) < 4.78 is 0. The van der Waals surface area contributed by atoms with Crippen LogP contribution in [-0.4, -0.2) is 11.8 Å². The molecule has 0 radical (unpaired) electrons. The van der Waals surface area contributed by atoms with E-state index in [4.69, 9.17) is 5.73 Å². The van der Waals surface area contributed by atoms with Gasteiger partial charge in [0, 0.05) is 6.42 Å². The number of nitrogens with two attached hydrogens (primary N) is 1. The Balaban J connectivity index is 1.72. The first-order chi connectivity index (χ1) is 8.10. The highest BCUT2D eigenvalue weighted by Crippen LogP contribution is 2.61. The summed E-state index contributed by atoms with van der Waals surface area (Å²) in [6.07, 6.45) is 9.90. The molecule has 1 atom stereocenters. The van der Waals surface area contributed by atoms with Crippen LogP contribution in [0.3, 0.4) is 0 Å². The Kier molecular flexibility index (Phi) is 2.81. The largest absolute Gasteiger partial charge is 0.322 e. The van der Waals surface area contributed by atoms with Gasteiger partial charge in [0.15, 0.2) is 0 Å². The predicted molar refractivity (Wildman–Crippen MR) is 68.5 cm³/mol. The summed E-state index contributed by atoms with van der Waals surface area (Å²) in [7, 11) is 0. The number of hydrogen-bond acceptors (Lipinski definition) is 2. The molecule has 4 rings (SSSR count). The monoisotopic (exact) mass is 235 g/mol. The van der Waals surface area contributed by atoms with Gasteiger partial charge in [0.2, 0.25) is 0 Å². The minimum atomic E-state index is -0.206. The third kappa shape index (κ3) is 2.05. The first-order valence-corrected chi connectivity index (χ1v) is 7.38. The summed E-state index contributed by atoms with van der Waals surface area (Å²) in [6, 6.07) is -0.206. The van der Waals surface area contributed by atoms with E-state index in [1.807, 2.05) is 6.92 Å². The summed E-state index contributed by atoms with van der Waals surface area (Å²) in [5, 5.41) is 0. The lowest BCUT2D eigenvalue weighted by Gasteiger charge is -2.57. The van der Waals surface area contributed by atoms with E-state index in [2.05, 4.69) is 0 Å². The number of Topliss-reactive ketones (excluding diaryl/α,β-unsaturated/α-hetero) is 1. The van der Waals surface area contributed by atoms with Gasteiger partial charge in [0.05, 0.1) is 6.04 Å². The van der Waals surface area contributed by atoms with E-state index in [0.29, 0.717) is 11.2 Å². The van der Waals surface area contributed by atoms with Crippen LogP contribution in [0, 0.1) is 23.2 Å². The molecule has 17 heavy (non-hydrogen) atoms. The minimum Gasteiger partial charge on any atom is -0.322 e. The Morgan fingerprint density at radius 3 is 2.06 bits per heavy atom. The molecule has 0 aromatic carbocycles. The van der Waals surface area contributed by atoms with Crippen LogP contribution in [0.2, 0.25) is 0 Å². The van der Waals surface area contributed by atoms with Crippen molar-refractivity contribution in [2.24, 2.45) is 28.9 Å². The van der Waals surface area contributed by atoms with Crippen molar-refractivity contribution in [3.63, 3.8) is 0 Å². The minimum absolute atomic E-state index is 0.206. The smallest absolute Gasteiger partial charge is 0.150 e. The van der Waals surface area contributed by atoms with Crippen LogP contribution in [0.5, 0.6) is 0 Å². The molecule has 0 amide bonds. The first kappa shape index (κ1) is 11.7. The standard InChI is InChI=1S/C15H25NO/c1-2-13(16)14(17)9-15-6-10-3-11(7-15)5-12(4-10)8-15/h10-13H,2-9,16H2,1H3. The van der Waals surface area contributed by atoms with Gasteiger partial charge >= 0.3 is 0 Å². The molecule has 2 N–H and O–H groups in total. The summed E-state index contributed by atoms with van der Waals surface area (Å²) in [5.41, 5.74) is 6.27. The first-order valence-electron chi connectivity index (χ1n) is 7.38. The molecule has 0 spiro atoms. The van der Waals surface area contributed by atoms with Crippen LogP contribution in [0.15, 0.2) is 0 Å². The van der Waals surface area contributed by atoms with Crippen LogP contribution in [0.25, 0.3) is 0 Å². The topological polar surface area (TPSA) is 43.1 Å². The highest BCUT2D eigenvalue weighted by Gasteiger charge is 2.51. The van der Waals surface area contributed by atoms with Crippen LogP contribution in [0.1, 0.15) is 58.3 Å². The Labute approximate surface area is 104 Å². The Morgan fingerprint density at radius 2 is 1.65 bits per heavy atom. The molecule has 4 saturated carbocycles. The molecule has 0 heterocycles. The fourth-order valence-electron chi connectivity index (χ4n) is 5.23. The number of carbonyl (C=O) groups excluding carboxylic acids is 1. The Hall–Kier alpha value is -0.370. The summed E-state index contributed by atoms with van der Waals surface area (Å²) >= 11 is 0. The molecular formula is C15H25NO. The molecule has 0 aromatic heterocycles. The van der Waals surface area contributed by atoms with Crippen LogP contribution >= 0.6 is 0 Å². The van der Waals surface area contributed by atoms with Gasteiger partial charge in [-0.1, -0.05) is 6.92 Å². The maximum atomic E-state index is 12.1. The number of hydrogen-bond donors (Lipinski definition) is 1. The van der Waals surface area contributed by atoms with Crippen LogP contribution in [-0.2, 0) is 4.79 Å². The van der Waals surface area contributed by atoms with E-state index in [1.54, 1.807) is 0 Å². The fourth-order valence-corrected chi connectivity index (χ4v) is 5.23. The average molecular weight is 235 g/mol. The van der Waals surface area contributed by atoms with Crippen molar-refractivity contribution in [3.05, 3.63) is 0 Å². The van der Waals surface area contributed by atoms with E-state index in [9.17, 15) is 4.79 Å². The summed E-state index contributed by atoms with van der Waals surface area (Å²) in [4.78, 5) is 12.1. The van der Waals surface area contributed by atoms with E-state index in [1.165, 1.54) is 38.5 Å². The Bertz CT molecular complexity index is 288. The normalized spacial score (nSPS) is 44.9. The van der Waals surface area contributed by atoms with Gasteiger partial charge in [-0.2, -0.15) is 0 Å². The maximum absolute atomic E-state index is 12.1. The fraction of sp³-hybridized carbons (Fsp3) is 0.933. The maximum Gasteiger partial charge on any atom is 0.150 e. The van der Waals surface area contributed by atoms with Gasteiger partial charge in [-0.25, -0.2) is 0 Å². The Morgan fingerprint density at radius 1 is 1.18 bits per heavy atom. The number of carbonyl (C=O) groups is 1. The van der Waals surface area contributed by atoms with Gasteiger partial charge in [-0.05, 0) is 68.1 Å². The lowest BCUT2D eigenvalue weighted by atomic mass is 9.48. The van der Waals surface area contributed by atoms with Gasteiger partial charge < -0.3 is 5.73 Å². The molecule has 2 nitrogen and oxygen atoms in total. The lowest BCUT2D eigenvalue weighted by Crippen LogP contribution is -2.48. The molecule has 96 valence electrons. The van der Waals surface area contributed by atoms with Crippen molar-refractivity contribution in [3.8, 4) is 0 Å². The third-order valence-corrected chi connectivity index (χ3v) is 5.57. The highest BCUT2D eigenvalue weighted by molar-refractivity contribution is 5.84. The van der Waals surface area contributed by atoms with Crippen molar-refractivity contribution in [1.29, 1.82) is 0 Å². The number of rotatable bonds is 4. The SMILES string of the molecule is CCC(N)C(=O)CC12CC3CC(CC(C3)C1)C2. The molecule has 4 aliphatic rings. The molecule has 4 aliphatic carbocycles. The zero-order valence-electron chi connectivity index (χ0n) is 11.0. The van der Waals surface area contributed by atoms with Crippen molar-refractivity contribution < 1.29 is 4.79 Å². The second-order valence-electron chi connectivity index (χ2n) is 7.08. The van der Waals surface area contributed by atoms with Gasteiger partial charge in [0.1, 0.15) is 5.78 Å². The molecule has 4 bridgehead atoms. The predicted octanol–water partition coefficient (Wildman–Crippen LogP) is 2.90. The van der Waals surface area contributed by atoms with Crippen molar-refractivity contribution in [2.75, 3.05) is 0 Å². The summed E-state index contributed by atoms with van der Waals surface area (Å²) in [6.45, 7) is 2.02. The second-order valence-corrected chi connectivity index (χ2v) is 7.08. The van der Waals surface area contributed by atoms with E-state index >= 15 is 0 Å². The quantitative estimate of drug-likeness (QED) is 0.814. The van der Waals surface area contributed by atoms with Gasteiger partial charge in [-0.3, -0.25) is 4.79 Å². The second kappa shape index (κ2) is 4.08. The molecule has 0 saturated heterocycles. The van der Waals surface area contributed by atoms with E-state index in [-0.39, 0.29) is 6.04 Å². The summed E-state index contributed by atoms with van der Waals surface area (Å²) in [5.74, 6) is 3.14. The van der Waals surface area contributed by atoms with E-state index < -0.39 is 0 Å². The molecule has 2 heteroatoms. The molecule has 0 aliphatic heterocycles. The van der Waals surface area contributed by atoms with Crippen molar-refractivity contribution >= 4 is 5.78 Å². The molecule has 4 fully saturated rings. The zero-order chi connectivity index (χ0) is 12.0. The van der Waals surface area contributed by atoms with Crippen molar-refractivity contribution in [2.45, 2.75) is 64.3 Å².